The molecule has 0 unspecified atom stereocenters. The Labute approximate surface area is 159 Å². The van der Waals surface area contributed by atoms with Crippen LogP contribution < -0.4 is 4.74 Å². The largest absolute Gasteiger partial charge is 0.497 e. The van der Waals surface area contributed by atoms with Gasteiger partial charge in [-0.2, -0.15) is 0 Å². The predicted molar refractivity (Wildman–Crippen MR) is 98.7 cm³/mol. The Morgan fingerprint density at radius 3 is 2.48 bits per heavy atom. The maximum absolute atomic E-state index is 13.7. The van der Waals surface area contributed by atoms with E-state index in [1.807, 2.05) is 29.2 Å². The SMILES string of the molecule is COc1ccc(C2(C(=O)N3C[C@H]4COCC[C@@]4(C(=O)O)C3)CCCC2)cc1. The molecule has 6 nitrogen and oxygen atoms in total. The minimum Gasteiger partial charge on any atom is -0.497 e. The van der Waals surface area contributed by atoms with Crippen LogP contribution in [0.2, 0.25) is 0 Å². The maximum Gasteiger partial charge on any atom is 0.311 e. The van der Waals surface area contributed by atoms with Crippen LogP contribution >= 0.6 is 0 Å². The highest BCUT2D eigenvalue weighted by atomic mass is 16.5. The van der Waals surface area contributed by atoms with Gasteiger partial charge in [0.25, 0.3) is 0 Å². The fourth-order valence-corrected chi connectivity index (χ4v) is 5.27. The number of likely N-dealkylation sites (tertiary alicyclic amines) is 1. The van der Waals surface area contributed by atoms with Gasteiger partial charge in [0.2, 0.25) is 5.91 Å². The molecule has 27 heavy (non-hydrogen) atoms. The average molecular weight is 373 g/mol. The van der Waals surface area contributed by atoms with Gasteiger partial charge in [0, 0.05) is 25.6 Å². The molecular formula is C21H27NO5. The number of aliphatic carboxylic acids is 1. The van der Waals surface area contributed by atoms with Gasteiger partial charge in [-0.25, -0.2) is 0 Å². The van der Waals surface area contributed by atoms with Gasteiger partial charge in [-0.05, 0) is 37.0 Å². The molecule has 1 aliphatic carbocycles. The first kappa shape index (κ1) is 18.3. The van der Waals surface area contributed by atoms with E-state index < -0.39 is 16.8 Å². The number of methoxy groups -OCH3 is 1. The molecular weight excluding hydrogens is 346 g/mol. The number of nitrogens with zero attached hydrogens (tertiary/aromatic N) is 1. The van der Waals surface area contributed by atoms with Crippen LogP contribution in [0.3, 0.4) is 0 Å². The quantitative estimate of drug-likeness (QED) is 0.877. The first-order valence-corrected chi connectivity index (χ1v) is 9.77. The van der Waals surface area contributed by atoms with Crippen LogP contribution in [0.4, 0.5) is 0 Å². The van der Waals surface area contributed by atoms with Gasteiger partial charge >= 0.3 is 5.97 Å². The second-order valence-corrected chi connectivity index (χ2v) is 8.19. The molecule has 2 saturated heterocycles. The van der Waals surface area contributed by atoms with E-state index in [9.17, 15) is 14.7 Å². The summed E-state index contributed by atoms with van der Waals surface area (Å²) in [7, 11) is 1.63. The van der Waals surface area contributed by atoms with Crippen LogP contribution in [0, 0.1) is 11.3 Å². The number of hydrogen-bond acceptors (Lipinski definition) is 4. The molecule has 1 aromatic rings. The normalized spacial score (nSPS) is 29.4. The monoisotopic (exact) mass is 373 g/mol. The summed E-state index contributed by atoms with van der Waals surface area (Å²) in [6, 6.07) is 7.78. The number of rotatable bonds is 4. The molecule has 6 heteroatoms. The number of carbonyl (C=O) groups is 2. The second kappa shape index (κ2) is 6.82. The Bertz CT molecular complexity index is 725. The van der Waals surface area contributed by atoms with Crippen molar-refractivity contribution in [1.82, 2.24) is 4.90 Å². The molecule has 4 rings (SSSR count). The number of carbonyl (C=O) groups excluding carboxylic acids is 1. The number of hydrogen-bond donors (Lipinski definition) is 1. The Kier molecular flexibility index (Phi) is 4.62. The average Bonchev–Trinajstić information content (AvgIpc) is 3.34. The maximum atomic E-state index is 13.7. The zero-order chi connectivity index (χ0) is 19.1. The van der Waals surface area contributed by atoms with E-state index in [2.05, 4.69) is 0 Å². The lowest BCUT2D eigenvalue weighted by Gasteiger charge is -2.35. The Hall–Kier alpha value is -2.08. The lowest BCUT2D eigenvalue weighted by Crippen LogP contribution is -2.47. The Balaban J connectivity index is 1.64. The molecule has 3 aliphatic rings. The third kappa shape index (κ3) is 2.81. The third-order valence-corrected chi connectivity index (χ3v) is 6.93. The molecule has 0 spiro atoms. The fourth-order valence-electron chi connectivity index (χ4n) is 5.27. The summed E-state index contributed by atoms with van der Waals surface area (Å²) in [5.41, 5.74) is -0.380. The highest BCUT2D eigenvalue weighted by Crippen LogP contribution is 2.47. The molecule has 146 valence electrons. The van der Waals surface area contributed by atoms with Gasteiger partial charge in [-0.1, -0.05) is 25.0 Å². The summed E-state index contributed by atoms with van der Waals surface area (Å²) in [6.45, 7) is 1.65. The number of carboxylic acid groups (broad SMARTS) is 1. The van der Waals surface area contributed by atoms with Gasteiger partial charge < -0.3 is 19.5 Å². The second-order valence-electron chi connectivity index (χ2n) is 8.19. The minimum atomic E-state index is -0.854. The van der Waals surface area contributed by atoms with Crippen molar-refractivity contribution in [2.75, 3.05) is 33.4 Å². The smallest absolute Gasteiger partial charge is 0.311 e. The number of benzene rings is 1. The summed E-state index contributed by atoms with van der Waals surface area (Å²) in [6.07, 6.45) is 4.14. The van der Waals surface area contributed by atoms with Crippen LogP contribution in [0.1, 0.15) is 37.7 Å². The number of ether oxygens (including phenoxy) is 2. The molecule has 2 atom stereocenters. The van der Waals surface area contributed by atoms with Crippen molar-refractivity contribution in [2.24, 2.45) is 11.3 Å². The van der Waals surface area contributed by atoms with E-state index in [0.717, 1.165) is 37.0 Å². The molecule has 0 radical (unpaired) electrons. The fraction of sp³-hybridized carbons (Fsp3) is 0.619. The number of fused-ring (bicyclic) bond motifs is 1. The van der Waals surface area contributed by atoms with Crippen molar-refractivity contribution < 1.29 is 24.2 Å². The van der Waals surface area contributed by atoms with E-state index in [0.29, 0.717) is 32.7 Å². The van der Waals surface area contributed by atoms with Crippen LogP contribution in [0.5, 0.6) is 5.75 Å². The number of carboxylic acids is 1. The highest BCUT2D eigenvalue weighted by molar-refractivity contribution is 5.90. The van der Waals surface area contributed by atoms with E-state index >= 15 is 0 Å². The van der Waals surface area contributed by atoms with E-state index in [1.54, 1.807) is 7.11 Å². The Morgan fingerprint density at radius 1 is 1.19 bits per heavy atom. The Morgan fingerprint density at radius 2 is 1.89 bits per heavy atom. The zero-order valence-corrected chi connectivity index (χ0v) is 15.8. The summed E-state index contributed by atoms with van der Waals surface area (Å²) < 4.78 is 10.8. The van der Waals surface area contributed by atoms with Crippen molar-refractivity contribution in [2.45, 2.75) is 37.5 Å². The lowest BCUT2D eigenvalue weighted by atomic mass is 9.74. The first-order valence-electron chi connectivity index (χ1n) is 9.77. The summed E-state index contributed by atoms with van der Waals surface area (Å²) >= 11 is 0. The third-order valence-electron chi connectivity index (χ3n) is 6.93. The molecule has 2 heterocycles. The van der Waals surface area contributed by atoms with Gasteiger partial charge in [-0.15, -0.1) is 0 Å². The van der Waals surface area contributed by atoms with Crippen LogP contribution in [0.25, 0.3) is 0 Å². The van der Waals surface area contributed by atoms with Gasteiger partial charge in [0.05, 0.1) is 24.5 Å². The molecule has 1 saturated carbocycles. The lowest BCUT2D eigenvalue weighted by molar-refractivity contribution is -0.157. The van der Waals surface area contributed by atoms with Gasteiger partial charge in [0.15, 0.2) is 0 Å². The molecule has 1 aromatic carbocycles. The summed E-state index contributed by atoms with van der Waals surface area (Å²) in [4.78, 5) is 27.6. The standard InChI is InChI=1S/C21H27NO5/c1-26-17-6-4-15(5-7-17)20(8-2-3-9-20)18(23)22-12-16-13-27-11-10-21(16,14-22)19(24)25/h4-7,16H,2-3,8-14H2,1H3,(H,24,25)/t16-,21+/m0/s1. The zero-order valence-electron chi connectivity index (χ0n) is 15.8. The summed E-state index contributed by atoms with van der Waals surface area (Å²) in [5.74, 6) is -0.0632. The van der Waals surface area contributed by atoms with E-state index in [1.165, 1.54) is 0 Å². The van der Waals surface area contributed by atoms with Gasteiger partial charge in [-0.3, -0.25) is 9.59 Å². The molecule has 3 fully saturated rings. The van der Waals surface area contributed by atoms with Crippen LogP contribution in [0.15, 0.2) is 24.3 Å². The first-order chi connectivity index (χ1) is 13.0. The molecule has 1 N–H and O–H groups in total. The number of amides is 1. The minimum absolute atomic E-state index is 0.0835. The molecule has 2 aliphatic heterocycles. The van der Waals surface area contributed by atoms with Crippen molar-refractivity contribution in [3.8, 4) is 5.75 Å². The summed E-state index contributed by atoms with van der Waals surface area (Å²) in [5, 5.41) is 9.90. The van der Waals surface area contributed by atoms with Crippen molar-refractivity contribution in [3.05, 3.63) is 29.8 Å². The molecule has 0 aromatic heterocycles. The van der Waals surface area contributed by atoms with Crippen molar-refractivity contribution in [1.29, 1.82) is 0 Å². The topological polar surface area (TPSA) is 76.1 Å². The van der Waals surface area contributed by atoms with Crippen LogP contribution in [-0.2, 0) is 19.7 Å². The predicted octanol–water partition coefficient (Wildman–Crippen LogP) is 2.46. The molecule has 1 amide bonds. The van der Waals surface area contributed by atoms with Crippen LogP contribution in [-0.4, -0.2) is 55.3 Å². The van der Waals surface area contributed by atoms with E-state index in [-0.39, 0.29) is 11.8 Å². The molecule has 0 bridgehead atoms. The van der Waals surface area contributed by atoms with Crippen molar-refractivity contribution in [3.63, 3.8) is 0 Å². The van der Waals surface area contributed by atoms with E-state index in [4.69, 9.17) is 9.47 Å². The van der Waals surface area contributed by atoms with Gasteiger partial charge in [0.1, 0.15) is 5.75 Å². The van der Waals surface area contributed by atoms with Crippen molar-refractivity contribution >= 4 is 11.9 Å². The highest BCUT2D eigenvalue weighted by Gasteiger charge is 2.57.